The van der Waals surface area contributed by atoms with Crippen molar-refractivity contribution in [1.29, 1.82) is 0 Å². The topological polar surface area (TPSA) is 99.3 Å². The number of aromatic amines is 1. The van der Waals surface area contributed by atoms with Gasteiger partial charge in [0.15, 0.2) is 0 Å². The van der Waals surface area contributed by atoms with E-state index in [-0.39, 0.29) is 22.9 Å². The van der Waals surface area contributed by atoms with Gasteiger partial charge in [0.2, 0.25) is 21.5 Å². The molecule has 0 radical (unpaired) electrons. The van der Waals surface area contributed by atoms with Gasteiger partial charge in [0.05, 0.1) is 10.8 Å². The third kappa shape index (κ3) is 4.55. The van der Waals surface area contributed by atoms with E-state index in [0.29, 0.717) is 30.3 Å². The molecule has 1 aliphatic rings. The second-order valence-corrected chi connectivity index (χ2v) is 9.75. The number of fused-ring (bicyclic) bond motifs is 1. The van der Waals surface area contributed by atoms with Gasteiger partial charge in [-0.05, 0) is 66.6 Å². The summed E-state index contributed by atoms with van der Waals surface area (Å²) in [7, 11) is -3.75. The number of carbonyl (C=O) groups excluding carboxylic acids is 1. The summed E-state index contributed by atoms with van der Waals surface area (Å²) in [6.07, 6.45) is 2.14. The van der Waals surface area contributed by atoms with Gasteiger partial charge in [0.25, 0.3) is 0 Å². The third-order valence-electron chi connectivity index (χ3n) is 5.69. The van der Waals surface area contributed by atoms with E-state index in [1.807, 2.05) is 24.3 Å². The number of sulfonamides is 1. The average molecular weight is 440 g/mol. The summed E-state index contributed by atoms with van der Waals surface area (Å²) >= 11 is 0. The third-order valence-corrected chi connectivity index (χ3v) is 7.55. The number of rotatable bonds is 5. The van der Waals surface area contributed by atoms with Gasteiger partial charge >= 0.3 is 0 Å². The Balaban J connectivity index is 1.52. The van der Waals surface area contributed by atoms with E-state index in [4.69, 9.17) is 0 Å². The van der Waals surface area contributed by atoms with Gasteiger partial charge in [-0.2, -0.15) is 4.31 Å². The summed E-state index contributed by atoms with van der Waals surface area (Å²) < 4.78 is 27.8. The average Bonchev–Trinajstić information content (AvgIpc) is 2.78. The smallest absolute Gasteiger partial charge is 0.248 e. The number of aryl methyl sites for hydroxylation is 1. The first-order chi connectivity index (χ1) is 14.9. The van der Waals surface area contributed by atoms with Crippen LogP contribution in [-0.4, -0.2) is 36.7 Å². The van der Waals surface area contributed by atoms with Crippen molar-refractivity contribution in [3.05, 3.63) is 70.5 Å². The van der Waals surface area contributed by atoms with Crippen molar-refractivity contribution in [2.75, 3.05) is 18.4 Å². The lowest BCUT2D eigenvalue weighted by atomic mass is 9.98. The normalized spacial score (nSPS) is 17.5. The number of hydrogen-bond donors (Lipinski definition) is 2. The summed E-state index contributed by atoms with van der Waals surface area (Å²) in [6.45, 7) is 2.57. The van der Waals surface area contributed by atoms with Crippen molar-refractivity contribution in [3.8, 4) is 0 Å². The number of nitrogens with zero attached hydrogens (tertiary/aromatic N) is 1. The number of carbonyl (C=O) groups is 1. The second kappa shape index (κ2) is 8.64. The number of benzene rings is 2. The molecule has 31 heavy (non-hydrogen) atoms. The molecule has 0 unspecified atom stereocenters. The number of pyridine rings is 1. The fraction of sp³-hybridized carbons (Fsp3) is 0.304. The lowest BCUT2D eigenvalue weighted by molar-refractivity contribution is -0.120. The number of nitrogens with one attached hydrogen (secondary N) is 2. The van der Waals surface area contributed by atoms with Gasteiger partial charge in [-0.15, -0.1) is 0 Å². The summed E-state index contributed by atoms with van der Waals surface area (Å²) in [5, 5.41) is 3.57. The summed E-state index contributed by atoms with van der Waals surface area (Å²) in [4.78, 5) is 27.1. The van der Waals surface area contributed by atoms with Gasteiger partial charge in [-0.1, -0.05) is 19.1 Å². The fourth-order valence-electron chi connectivity index (χ4n) is 3.93. The zero-order valence-electron chi connectivity index (χ0n) is 17.3. The van der Waals surface area contributed by atoms with Crippen LogP contribution in [0, 0.1) is 5.92 Å². The number of anilines is 1. The Morgan fingerprint density at radius 2 is 2.00 bits per heavy atom. The molecule has 0 aliphatic carbocycles. The highest BCUT2D eigenvalue weighted by Crippen LogP contribution is 2.26. The molecule has 1 aliphatic heterocycles. The molecule has 2 aromatic carbocycles. The van der Waals surface area contributed by atoms with Crippen LogP contribution in [0.3, 0.4) is 0 Å². The molecule has 1 amide bonds. The van der Waals surface area contributed by atoms with E-state index in [1.54, 1.807) is 18.2 Å². The number of H-pyrrole nitrogens is 1. The second-order valence-electron chi connectivity index (χ2n) is 7.82. The van der Waals surface area contributed by atoms with Gasteiger partial charge < -0.3 is 10.3 Å². The van der Waals surface area contributed by atoms with Gasteiger partial charge in [-0.3, -0.25) is 9.59 Å². The van der Waals surface area contributed by atoms with Crippen molar-refractivity contribution >= 4 is 32.5 Å². The highest BCUT2D eigenvalue weighted by atomic mass is 32.2. The van der Waals surface area contributed by atoms with Gasteiger partial charge in [-0.25, -0.2) is 8.42 Å². The Morgan fingerprint density at radius 3 is 2.81 bits per heavy atom. The quantitative estimate of drug-likeness (QED) is 0.638. The molecule has 1 aromatic heterocycles. The first-order valence-electron chi connectivity index (χ1n) is 10.4. The SMILES string of the molecule is CCc1cccc(NC(=O)[C@@H]2CCCN(S(=O)(=O)c3ccc4[nH]c(=O)ccc4c3)C2)c1. The van der Waals surface area contributed by atoms with E-state index < -0.39 is 15.9 Å². The Kier molecular flexibility index (Phi) is 5.93. The van der Waals surface area contributed by atoms with Gasteiger partial charge in [0.1, 0.15) is 0 Å². The summed E-state index contributed by atoms with van der Waals surface area (Å²) in [5.41, 5.74) is 2.20. The Morgan fingerprint density at radius 1 is 1.16 bits per heavy atom. The highest BCUT2D eigenvalue weighted by molar-refractivity contribution is 7.89. The Hall–Kier alpha value is -2.97. The standard InChI is InChI=1S/C23H25N3O4S/c1-2-16-5-3-7-19(13-16)24-23(28)18-6-4-12-26(15-18)31(29,30)20-9-10-21-17(14-20)8-11-22(27)25-21/h3,5,7-11,13-14,18H,2,4,6,12,15H2,1H3,(H,24,28)(H,25,27)/t18-/m1/s1. The van der Waals surface area contributed by atoms with Crippen molar-refractivity contribution in [2.45, 2.75) is 31.1 Å². The molecular formula is C23H25N3O4S. The molecule has 4 rings (SSSR count). The lowest BCUT2D eigenvalue weighted by Crippen LogP contribution is -2.43. The Bertz CT molecular complexity index is 1280. The van der Waals surface area contributed by atoms with Crippen molar-refractivity contribution in [1.82, 2.24) is 9.29 Å². The van der Waals surface area contributed by atoms with E-state index in [0.717, 1.165) is 17.7 Å². The van der Waals surface area contributed by atoms with E-state index in [9.17, 15) is 18.0 Å². The molecule has 1 atom stereocenters. The molecule has 8 heteroatoms. The van der Waals surface area contributed by atoms with Crippen molar-refractivity contribution < 1.29 is 13.2 Å². The summed E-state index contributed by atoms with van der Waals surface area (Å²) in [6, 6.07) is 15.3. The number of amides is 1. The number of hydrogen-bond acceptors (Lipinski definition) is 4. The molecule has 1 fully saturated rings. The molecule has 7 nitrogen and oxygen atoms in total. The molecule has 162 valence electrons. The molecule has 2 heterocycles. The zero-order valence-corrected chi connectivity index (χ0v) is 18.1. The maximum Gasteiger partial charge on any atom is 0.248 e. The van der Waals surface area contributed by atoms with Crippen LogP contribution in [0.25, 0.3) is 10.9 Å². The molecule has 2 N–H and O–H groups in total. The van der Waals surface area contributed by atoms with E-state index in [1.165, 1.54) is 16.4 Å². The minimum Gasteiger partial charge on any atom is -0.326 e. The minimum absolute atomic E-state index is 0.144. The zero-order chi connectivity index (χ0) is 22.0. The van der Waals surface area contributed by atoms with Crippen molar-refractivity contribution in [2.24, 2.45) is 5.92 Å². The van der Waals surface area contributed by atoms with Crippen molar-refractivity contribution in [3.63, 3.8) is 0 Å². The van der Waals surface area contributed by atoms with Crippen LogP contribution in [0.2, 0.25) is 0 Å². The maximum atomic E-state index is 13.2. The van der Waals surface area contributed by atoms with Crippen LogP contribution in [0.5, 0.6) is 0 Å². The Labute approximate surface area is 181 Å². The minimum atomic E-state index is -3.75. The largest absolute Gasteiger partial charge is 0.326 e. The van der Waals surface area contributed by atoms with Crippen LogP contribution >= 0.6 is 0 Å². The molecule has 3 aromatic rings. The maximum absolute atomic E-state index is 13.2. The van der Waals surface area contributed by atoms with E-state index >= 15 is 0 Å². The molecule has 0 saturated carbocycles. The van der Waals surface area contributed by atoms with Crippen LogP contribution in [-0.2, 0) is 21.2 Å². The predicted octanol–water partition coefficient (Wildman–Crippen LogP) is 3.13. The molecular weight excluding hydrogens is 414 g/mol. The molecule has 0 spiro atoms. The molecule has 1 saturated heterocycles. The molecule has 0 bridgehead atoms. The highest BCUT2D eigenvalue weighted by Gasteiger charge is 2.33. The van der Waals surface area contributed by atoms with Crippen LogP contribution in [0.1, 0.15) is 25.3 Å². The predicted molar refractivity (Wildman–Crippen MR) is 121 cm³/mol. The van der Waals surface area contributed by atoms with Crippen LogP contribution in [0.15, 0.2) is 64.3 Å². The number of piperidine rings is 1. The van der Waals surface area contributed by atoms with Crippen LogP contribution < -0.4 is 10.9 Å². The van der Waals surface area contributed by atoms with Crippen LogP contribution in [0.4, 0.5) is 5.69 Å². The first kappa shape index (κ1) is 21.3. The monoisotopic (exact) mass is 439 g/mol. The number of aromatic nitrogens is 1. The van der Waals surface area contributed by atoms with E-state index in [2.05, 4.69) is 17.2 Å². The lowest BCUT2D eigenvalue weighted by Gasteiger charge is -2.31. The fourth-order valence-corrected chi connectivity index (χ4v) is 5.49. The summed E-state index contributed by atoms with van der Waals surface area (Å²) in [5.74, 6) is -0.574. The first-order valence-corrected chi connectivity index (χ1v) is 11.8. The van der Waals surface area contributed by atoms with Gasteiger partial charge in [0, 0.05) is 30.4 Å².